The van der Waals surface area contributed by atoms with Crippen molar-refractivity contribution in [2.75, 3.05) is 32.0 Å². The Morgan fingerprint density at radius 1 is 1.29 bits per heavy atom. The third-order valence-electron chi connectivity index (χ3n) is 5.41. The first-order chi connectivity index (χ1) is 16.3. The highest BCUT2D eigenvalue weighted by molar-refractivity contribution is 5.81. The number of ether oxygens (including phenoxy) is 1. The molecule has 1 N–H and O–H groups in total. The molecule has 186 valence electrons. The van der Waals surface area contributed by atoms with Gasteiger partial charge in [-0.25, -0.2) is 9.97 Å². The number of hydrogen-bond acceptors (Lipinski definition) is 6. The van der Waals surface area contributed by atoms with E-state index in [2.05, 4.69) is 22.2 Å². The van der Waals surface area contributed by atoms with E-state index in [1.165, 1.54) is 0 Å². The van der Waals surface area contributed by atoms with Crippen LogP contribution >= 0.6 is 0 Å². The maximum atomic E-state index is 11.9. The molecule has 1 aliphatic rings. The van der Waals surface area contributed by atoms with Gasteiger partial charge >= 0.3 is 6.18 Å². The summed E-state index contributed by atoms with van der Waals surface area (Å²) in [5.74, 6) is 1.60. The lowest BCUT2D eigenvalue weighted by atomic mass is 9.98. The van der Waals surface area contributed by atoms with Gasteiger partial charge in [0.25, 0.3) is 0 Å². The predicted octanol–water partition coefficient (Wildman–Crippen LogP) is 5.82. The maximum absolute atomic E-state index is 11.9. The SMILES string of the molecule is C/C=C(\O/C=C/CC)c1ccc2cnc(NC)cc2n1.O=CC1CCN(CCC(F)(F)F)CC1. The monoisotopic (exact) mass is 478 g/mol. The van der Waals surface area contributed by atoms with E-state index in [9.17, 15) is 18.0 Å². The van der Waals surface area contributed by atoms with Gasteiger partial charge in [-0.3, -0.25) is 0 Å². The quantitative estimate of drug-likeness (QED) is 0.381. The molecule has 2 aromatic heterocycles. The van der Waals surface area contributed by atoms with Crippen LogP contribution in [0.25, 0.3) is 16.7 Å². The van der Waals surface area contributed by atoms with Crippen molar-refractivity contribution in [3.05, 3.63) is 48.5 Å². The fourth-order valence-corrected chi connectivity index (χ4v) is 3.38. The number of rotatable bonds is 8. The summed E-state index contributed by atoms with van der Waals surface area (Å²) in [4.78, 5) is 21.1. The number of likely N-dealkylation sites (tertiary alicyclic amines) is 1. The second-order valence-corrected chi connectivity index (χ2v) is 7.94. The van der Waals surface area contributed by atoms with Crippen LogP contribution in [0.1, 0.15) is 45.2 Å². The number of piperidine rings is 1. The molecule has 3 heterocycles. The minimum atomic E-state index is -4.07. The highest BCUT2D eigenvalue weighted by Crippen LogP contribution is 2.22. The van der Waals surface area contributed by atoms with E-state index in [1.807, 2.05) is 50.5 Å². The van der Waals surface area contributed by atoms with E-state index < -0.39 is 12.6 Å². The number of nitrogens with one attached hydrogen (secondary N) is 1. The Labute approximate surface area is 198 Å². The Bertz CT molecular complexity index is 968. The molecule has 0 spiro atoms. The van der Waals surface area contributed by atoms with Crippen molar-refractivity contribution in [3.8, 4) is 0 Å². The molecule has 9 heteroatoms. The number of carbonyl (C=O) groups excluding carboxylic acids is 1. The van der Waals surface area contributed by atoms with E-state index in [-0.39, 0.29) is 12.5 Å². The Morgan fingerprint density at radius 3 is 2.62 bits per heavy atom. The lowest BCUT2D eigenvalue weighted by Gasteiger charge is -2.29. The van der Waals surface area contributed by atoms with Crippen molar-refractivity contribution in [1.29, 1.82) is 0 Å². The number of aromatic nitrogens is 2. The fraction of sp³-hybridized carbons (Fsp3) is 0.480. The Morgan fingerprint density at radius 2 is 2.03 bits per heavy atom. The van der Waals surface area contributed by atoms with Gasteiger partial charge in [0.15, 0.2) is 0 Å². The van der Waals surface area contributed by atoms with Crippen molar-refractivity contribution < 1.29 is 22.7 Å². The van der Waals surface area contributed by atoms with Crippen LogP contribution in [0.3, 0.4) is 0 Å². The zero-order chi connectivity index (χ0) is 25.0. The topological polar surface area (TPSA) is 67.3 Å². The van der Waals surface area contributed by atoms with Gasteiger partial charge in [-0.15, -0.1) is 0 Å². The molecule has 0 amide bonds. The number of allylic oxidation sites excluding steroid dienone is 2. The molecule has 1 saturated heterocycles. The number of alkyl halides is 3. The second-order valence-electron chi connectivity index (χ2n) is 7.94. The van der Waals surface area contributed by atoms with Gasteiger partial charge in [-0.2, -0.15) is 13.2 Å². The summed E-state index contributed by atoms with van der Waals surface area (Å²) < 4.78 is 41.2. The molecule has 1 aliphatic heterocycles. The van der Waals surface area contributed by atoms with Crippen LogP contribution in [0.5, 0.6) is 0 Å². The normalized spacial score (nSPS) is 15.8. The van der Waals surface area contributed by atoms with Crippen molar-refractivity contribution in [3.63, 3.8) is 0 Å². The number of fused-ring (bicyclic) bond motifs is 1. The number of halogens is 3. The zero-order valence-electron chi connectivity index (χ0n) is 19.9. The number of nitrogens with zero attached hydrogens (tertiary/aromatic N) is 3. The summed E-state index contributed by atoms with van der Waals surface area (Å²) >= 11 is 0. The summed E-state index contributed by atoms with van der Waals surface area (Å²) in [6.07, 6.45) is 5.81. The number of pyridine rings is 2. The summed E-state index contributed by atoms with van der Waals surface area (Å²) in [6.45, 7) is 5.29. The minimum absolute atomic E-state index is 0.0529. The van der Waals surface area contributed by atoms with Gasteiger partial charge in [0, 0.05) is 37.2 Å². The van der Waals surface area contributed by atoms with E-state index in [0.717, 1.165) is 40.9 Å². The van der Waals surface area contributed by atoms with Crippen molar-refractivity contribution in [2.24, 2.45) is 5.92 Å². The summed E-state index contributed by atoms with van der Waals surface area (Å²) in [7, 11) is 1.84. The summed E-state index contributed by atoms with van der Waals surface area (Å²) in [5.41, 5.74) is 1.71. The minimum Gasteiger partial charge on any atom is -0.463 e. The van der Waals surface area contributed by atoms with Crippen LogP contribution in [-0.4, -0.2) is 54.0 Å². The molecule has 0 aliphatic carbocycles. The number of anilines is 1. The maximum Gasteiger partial charge on any atom is 0.390 e. The molecule has 0 radical (unpaired) electrons. The Kier molecular flexibility index (Phi) is 11.0. The lowest BCUT2D eigenvalue weighted by molar-refractivity contribution is -0.139. The average Bonchev–Trinajstić information content (AvgIpc) is 2.85. The Hall–Kier alpha value is -2.94. The van der Waals surface area contributed by atoms with Crippen LogP contribution in [0.15, 0.2) is 42.8 Å². The first-order valence-electron chi connectivity index (χ1n) is 11.5. The molecule has 0 bridgehead atoms. The molecule has 1 fully saturated rings. The zero-order valence-corrected chi connectivity index (χ0v) is 19.9. The van der Waals surface area contributed by atoms with Crippen LogP contribution in [0.2, 0.25) is 0 Å². The van der Waals surface area contributed by atoms with Crippen LogP contribution in [-0.2, 0) is 9.53 Å². The molecule has 0 unspecified atom stereocenters. The summed E-state index contributed by atoms with van der Waals surface area (Å²) in [5, 5.41) is 4.02. The molecule has 0 aromatic carbocycles. The van der Waals surface area contributed by atoms with Gasteiger partial charge in [-0.05, 0) is 63.6 Å². The van der Waals surface area contributed by atoms with Crippen molar-refractivity contribution >= 4 is 28.8 Å². The smallest absolute Gasteiger partial charge is 0.390 e. The van der Waals surface area contributed by atoms with E-state index in [4.69, 9.17) is 4.74 Å². The molecule has 6 nitrogen and oxygen atoms in total. The second kappa shape index (κ2) is 13.7. The largest absolute Gasteiger partial charge is 0.463 e. The van der Waals surface area contributed by atoms with Gasteiger partial charge in [0.2, 0.25) is 0 Å². The number of hydrogen-bond donors (Lipinski definition) is 1. The molecule has 3 rings (SSSR count). The Balaban J connectivity index is 0.000000257. The van der Waals surface area contributed by atoms with E-state index in [1.54, 1.807) is 11.2 Å². The predicted molar refractivity (Wildman–Crippen MR) is 129 cm³/mol. The van der Waals surface area contributed by atoms with Gasteiger partial charge in [-0.1, -0.05) is 6.92 Å². The molecular weight excluding hydrogens is 445 g/mol. The van der Waals surface area contributed by atoms with Crippen LogP contribution in [0, 0.1) is 5.92 Å². The van der Waals surface area contributed by atoms with Crippen LogP contribution < -0.4 is 5.32 Å². The van der Waals surface area contributed by atoms with Crippen LogP contribution in [0.4, 0.5) is 19.0 Å². The van der Waals surface area contributed by atoms with Gasteiger partial charge < -0.3 is 19.7 Å². The molecule has 2 aromatic rings. The van der Waals surface area contributed by atoms with Gasteiger partial charge in [0.05, 0.1) is 18.2 Å². The first-order valence-corrected chi connectivity index (χ1v) is 11.5. The summed E-state index contributed by atoms with van der Waals surface area (Å²) in [6, 6.07) is 5.87. The highest BCUT2D eigenvalue weighted by atomic mass is 19.4. The molecule has 0 saturated carbocycles. The average molecular weight is 479 g/mol. The number of aldehydes is 1. The molecule has 0 atom stereocenters. The van der Waals surface area contributed by atoms with Crippen molar-refractivity contribution in [1.82, 2.24) is 14.9 Å². The fourth-order valence-electron chi connectivity index (χ4n) is 3.38. The van der Waals surface area contributed by atoms with E-state index >= 15 is 0 Å². The lowest BCUT2D eigenvalue weighted by Crippen LogP contribution is -2.36. The number of carbonyl (C=O) groups is 1. The highest BCUT2D eigenvalue weighted by Gasteiger charge is 2.28. The first kappa shape index (κ1) is 27.3. The molecule has 34 heavy (non-hydrogen) atoms. The third-order valence-corrected chi connectivity index (χ3v) is 5.41. The van der Waals surface area contributed by atoms with Gasteiger partial charge in [0.1, 0.15) is 23.6 Å². The molecular formula is C25H33F3N4O2. The van der Waals surface area contributed by atoms with E-state index in [0.29, 0.717) is 25.9 Å². The standard InChI is InChI=1S/C16H19N3O.C9H14F3NO/c1-4-6-9-20-15(5-2)13-8-7-12-11-18-16(17-3)10-14(12)19-13;10-9(11,12)3-6-13-4-1-8(7-14)2-5-13/h5-11H,4H2,1-3H3,(H,17,18);7-8H,1-6H2/b9-6+,15-5-;. The van der Waals surface area contributed by atoms with Crippen molar-refractivity contribution in [2.45, 2.75) is 45.7 Å². The third kappa shape index (κ3) is 9.13.